The van der Waals surface area contributed by atoms with Crippen LogP contribution in [0.2, 0.25) is 0 Å². The summed E-state index contributed by atoms with van der Waals surface area (Å²) < 4.78 is 2.79. The number of amides is 4. The van der Waals surface area contributed by atoms with Gasteiger partial charge in [-0.3, -0.25) is 24.2 Å². The van der Waals surface area contributed by atoms with Gasteiger partial charge >= 0.3 is 6.03 Å². The highest BCUT2D eigenvalue weighted by atomic mass is 79.9. The number of hydrogen-bond acceptors (Lipinski definition) is 6. The minimum absolute atomic E-state index is 0.0230. The number of urea groups is 1. The molecule has 2 aromatic rings. The molecule has 0 saturated carbocycles. The number of likely N-dealkylation sites (tertiary alicyclic amines) is 1. The fourth-order valence-corrected chi connectivity index (χ4v) is 7.32. The first kappa shape index (κ1) is 22.5. The Balaban J connectivity index is 1.50. The molecule has 2 fully saturated rings. The van der Waals surface area contributed by atoms with Crippen molar-refractivity contribution in [3.8, 4) is 0 Å². The van der Waals surface area contributed by atoms with E-state index in [1.807, 2.05) is 22.8 Å². The zero-order chi connectivity index (χ0) is 23.5. The van der Waals surface area contributed by atoms with Crippen LogP contribution in [-0.2, 0) is 22.6 Å². The van der Waals surface area contributed by atoms with E-state index in [1.54, 1.807) is 12.1 Å². The summed E-state index contributed by atoms with van der Waals surface area (Å²) in [4.78, 5) is 57.2. The van der Waals surface area contributed by atoms with Crippen molar-refractivity contribution < 1.29 is 14.4 Å². The highest BCUT2D eigenvalue weighted by Gasteiger charge is 2.56. The van der Waals surface area contributed by atoms with Gasteiger partial charge in [0, 0.05) is 69.3 Å². The molecule has 0 radical (unpaired) electrons. The molecule has 5 rings (SSSR count). The van der Waals surface area contributed by atoms with Crippen LogP contribution >= 0.6 is 27.3 Å². The molecular formula is C23H25BrN4O4S. The van der Waals surface area contributed by atoms with Crippen LogP contribution in [0.25, 0.3) is 0 Å². The molecule has 8 nitrogen and oxygen atoms in total. The molecule has 2 saturated heterocycles. The molecule has 174 valence electrons. The van der Waals surface area contributed by atoms with Crippen molar-refractivity contribution in [3.05, 3.63) is 55.0 Å². The average Bonchev–Trinajstić information content (AvgIpc) is 3.20. The summed E-state index contributed by atoms with van der Waals surface area (Å²) in [7, 11) is 2.89. The summed E-state index contributed by atoms with van der Waals surface area (Å²) in [6.45, 7) is 2.26. The van der Waals surface area contributed by atoms with Gasteiger partial charge in [0.1, 0.15) is 5.41 Å². The number of imide groups is 2. The standard InChI is InChI=1S/C23H25BrN4O4S/c1-25-20(30)23(21(31)26(2)22(25)32,9-16-6-7-18(24)33-16)13-27-10-14-8-15(12-27)17-4-3-5-19(29)28(17)11-14/h3-7,14-15H,8-13H2,1-2H3/t14-,15-/m1/s1. The van der Waals surface area contributed by atoms with Crippen LogP contribution in [-0.4, -0.2) is 70.8 Å². The second-order valence-corrected chi connectivity index (χ2v) is 11.9. The lowest BCUT2D eigenvalue weighted by atomic mass is 9.76. The van der Waals surface area contributed by atoms with E-state index in [1.165, 1.54) is 25.4 Å². The molecule has 33 heavy (non-hydrogen) atoms. The maximum Gasteiger partial charge on any atom is 0.332 e. The Hall–Kier alpha value is -2.30. The maximum atomic E-state index is 13.6. The van der Waals surface area contributed by atoms with E-state index in [9.17, 15) is 19.2 Å². The monoisotopic (exact) mass is 532 g/mol. The average molecular weight is 533 g/mol. The van der Waals surface area contributed by atoms with E-state index >= 15 is 0 Å². The fourth-order valence-electron chi connectivity index (χ4n) is 5.73. The summed E-state index contributed by atoms with van der Waals surface area (Å²) >= 11 is 4.96. The number of rotatable bonds is 4. The molecule has 0 aromatic carbocycles. The van der Waals surface area contributed by atoms with Gasteiger partial charge in [-0.2, -0.15) is 0 Å². The van der Waals surface area contributed by atoms with Crippen LogP contribution < -0.4 is 5.56 Å². The van der Waals surface area contributed by atoms with Crippen LogP contribution in [0.15, 0.2) is 38.9 Å². The molecule has 0 N–H and O–H groups in total. The lowest BCUT2D eigenvalue weighted by molar-refractivity contribution is -0.159. The Morgan fingerprint density at radius 3 is 2.39 bits per heavy atom. The predicted molar refractivity (Wildman–Crippen MR) is 127 cm³/mol. The Labute approximate surface area is 203 Å². The minimum Gasteiger partial charge on any atom is -0.312 e. The predicted octanol–water partition coefficient (Wildman–Crippen LogP) is 2.37. The number of nitrogens with zero attached hydrogens (tertiary/aromatic N) is 4. The molecular weight excluding hydrogens is 508 g/mol. The van der Waals surface area contributed by atoms with Gasteiger partial charge in [-0.05, 0) is 46.5 Å². The SMILES string of the molecule is CN1C(=O)N(C)C(=O)C(Cc2ccc(Br)s2)(CN2C[C@H]3C[C@H](C2)c2cccc(=O)n2C3)C1=O. The molecule has 2 aromatic heterocycles. The summed E-state index contributed by atoms with van der Waals surface area (Å²) in [5, 5.41) is 0. The molecule has 0 spiro atoms. The van der Waals surface area contributed by atoms with Gasteiger partial charge in [0.15, 0.2) is 0 Å². The van der Waals surface area contributed by atoms with Gasteiger partial charge in [0.2, 0.25) is 11.8 Å². The van der Waals surface area contributed by atoms with Crippen molar-refractivity contribution in [3.63, 3.8) is 0 Å². The number of thiophene rings is 1. The van der Waals surface area contributed by atoms with Crippen LogP contribution in [0, 0.1) is 11.3 Å². The van der Waals surface area contributed by atoms with E-state index in [0.717, 1.165) is 30.6 Å². The number of barbiturate groups is 1. The zero-order valence-electron chi connectivity index (χ0n) is 18.5. The highest BCUT2D eigenvalue weighted by Crippen LogP contribution is 2.40. The van der Waals surface area contributed by atoms with Crippen molar-refractivity contribution in [2.45, 2.75) is 25.3 Å². The summed E-state index contributed by atoms with van der Waals surface area (Å²) in [6.07, 6.45) is 1.23. The zero-order valence-corrected chi connectivity index (χ0v) is 20.9. The van der Waals surface area contributed by atoms with Crippen LogP contribution in [0.4, 0.5) is 4.79 Å². The second kappa shape index (κ2) is 8.18. The normalized spacial score (nSPS) is 24.9. The molecule has 2 atom stereocenters. The van der Waals surface area contributed by atoms with Crippen molar-refractivity contribution >= 4 is 45.1 Å². The van der Waals surface area contributed by atoms with Crippen molar-refractivity contribution in [2.75, 3.05) is 33.7 Å². The van der Waals surface area contributed by atoms with Gasteiger partial charge in [-0.25, -0.2) is 4.79 Å². The number of fused-ring (bicyclic) bond motifs is 4. The number of halogens is 1. The minimum atomic E-state index is -1.37. The van der Waals surface area contributed by atoms with E-state index in [4.69, 9.17) is 0 Å². The van der Waals surface area contributed by atoms with E-state index in [2.05, 4.69) is 20.8 Å². The summed E-state index contributed by atoms with van der Waals surface area (Å²) in [5.74, 6) is -0.458. The number of hydrogen-bond donors (Lipinski definition) is 0. The smallest absolute Gasteiger partial charge is 0.312 e. The first-order valence-electron chi connectivity index (χ1n) is 11.0. The van der Waals surface area contributed by atoms with Gasteiger partial charge in [-0.15, -0.1) is 11.3 Å². The number of carbonyl (C=O) groups is 3. The molecule has 3 aliphatic heterocycles. The molecule has 0 aliphatic carbocycles. The third-order valence-electron chi connectivity index (χ3n) is 7.16. The second-order valence-electron chi connectivity index (χ2n) is 9.37. The lowest BCUT2D eigenvalue weighted by Gasteiger charge is -2.48. The van der Waals surface area contributed by atoms with Crippen molar-refractivity contribution in [1.29, 1.82) is 0 Å². The third kappa shape index (κ3) is 3.68. The number of pyridine rings is 1. The quantitative estimate of drug-likeness (QED) is 0.564. The molecule has 3 aliphatic rings. The van der Waals surface area contributed by atoms with Crippen LogP contribution in [0.3, 0.4) is 0 Å². The van der Waals surface area contributed by atoms with E-state index in [-0.39, 0.29) is 30.4 Å². The summed E-state index contributed by atoms with van der Waals surface area (Å²) in [6, 6.07) is 8.62. The molecule has 4 amide bonds. The van der Waals surface area contributed by atoms with Gasteiger partial charge < -0.3 is 9.47 Å². The molecule has 0 unspecified atom stereocenters. The fraction of sp³-hybridized carbons (Fsp3) is 0.478. The Bertz CT molecular complexity index is 1180. The number of aromatic nitrogens is 1. The van der Waals surface area contributed by atoms with E-state index < -0.39 is 23.3 Å². The first-order chi connectivity index (χ1) is 15.7. The largest absolute Gasteiger partial charge is 0.332 e. The maximum absolute atomic E-state index is 13.6. The number of piperidine rings is 1. The van der Waals surface area contributed by atoms with Gasteiger partial charge in [0.05, 0.1) is 3.79 Å². The van der Waals surface area contributed by atoms with Crippen molar-refractivity contribution in [1.82, 2.24) is 19.3 Å². The van der Waals surface area contributed by atoms with Crippen LogP contribution in [0.1, 0.15) is 22.9 Å². The molecule has 10 heteroatoms. The van der Waals surface area contributed by atoms with Crippen molar-refractivity contribution in [2.24, 2.45) is 11.3 Å². The highest BCUT2D eigenvalue weighted by molar-refractivity contribution is 9.11. The van der Waals surface area contributed by atoms with E-state index in [0.29, 0.717) is 19.6 Å². The topological polar surface area (TPSA) is 82.9 Å². The first-order valence-corrected chi connectivity index (χ1v) is 12.6. The molecule has 2 bridgehead atoms. The molecule has 5 heterocycles. The Morgan fingerprint density at radius 2 is 1.73 bits per heavy atom. The van der Waals surface area contributed by atoms with Gasteiger partial charge in [-0.1, -0.05) is 6.07 Å². The van der Waals surface area contributed by atoms with Crippen LogP contribution in [0.5, 0.6) is 0 Å². The third-order valence-corrected chi connectivity index (χ3v) is 8.78. The Morgan fingerprint density at radius 1 is 1.00 bits per heavy atom. The van der Waals surface area contributed by atoms with Gasteiger partial charge in [0.25, 0.3) is 5.56 Å². The summed E-state index contributed by atoms with van der Waals surface area (Å²) in [5.41, 5.74) is -0.329. The Kier molecular flexibility index (Phi) is 5.57. The lowest BCUT2D eigenvalue weighted by Crippen LogP contribution is -2.67. The number of carbonyl (C=O) groups excluding carboxylic acids is 3.